The average Bonchev–Trinajstić information content (AvgIpc) is 3.28. The molecule has 0 amide bonds. The van der Waals surface area contributed by atoms with E-state index >= 15 is 0 Å². The van der Waals surface area contributed by atoms with E-state index in [9.17, 15) is 0 Å². The molecule has 3 rings (SSSR count). The van der Waals surface area contributed by atoms with Crippen molar-refractivity contribution in [3.05, 3.63) is 30.0 Å². The maximum absolute atomic E-state index is 5.92. The summed E-state index contributed by atoms with van der Waals surface area (Å²) in [7, 11) is 2.22. The summed E-state index contributed by atoms with van der Waals surface area (Å²) in [6.07, 6.45) is 2.68. The largest absolute Gasteiger partial charge is 0.399 e. The van der Waals surface area contributed by atoms with Crippen LogP contribution in [0.1, 0.15) is 25.5 Å². The number of nitrogens with two attached hydrogens (primary N) is 1. The number of benzene rings is 1. The molecule has 1 atom stereocenters. The van der Waals surface area contributed by atoms with Crippen molar-refractivity contribution in [1.82, 2.24) is 9.88 Å². The molecule has 3 N–H and O–H groups in total. The highest BCUT2D eigenvalue weighted by Gasteiger charge is 2.28. The Morgan fingerprint density at radius 3 is 2.86 bits per heavy atom. The van der Waals surface area contributed by atoms with E-state index in [1.165, 1.54) is 12.8 Å². The van der Waals surface area contributed by atoms with Gasteiger partial charge in [-0.3, -0.25) is 9.88 Å². The molecule has 1 aliphatic carbocycles. The molecule has 0 aliphatic heterocycles. The lowest BCUT2D eigenvalue weighted by atomic mass is 10.1. The zero-order valence-electron chi connectivity index (χ0n) is 13.1. The Kier molecular flexibility index (Phi) is 3.72. The number of aromatic nitrogens is 1. The van der Waals surface area contributed by atoms with Gasteiger partial charge in [0.05, 0.1) is 5.52 Å². The third-order valence-electron chi connectivity index (χ3n) is 4.37. The third-order valence-corrected chi connectivity index (χ3v) is 4.37. The number of nitrogens with one attached hydrogen (secondary N) is 1. The molecule has 0 saturated heterocycles. The molecule has 4 heteroatoms. The molecule has 1 fully saturated rings. The second-order valence-electron chi connectivity index (χ2n) is 6.21. The Balaban J connectivity index is 1.80. The lowest BCUT2D eigenvalue weighted by molar-refractivity contribution is 0.257. The maximum atomic E-state index is 5.92. The number of anilines is 2. The van der Waals surface area contributed by atoms with Crippen LogP contribution in [0.2, 0.25) is 0 Å². The fourth-order valence-corrected chi connectivity index (χ4v) is 2.77. The topological polar surface area (TPSA) is 54.2 Å². The van der Waals surface area contributed by atoms with Crippen LogP contribution in [-0.4, -0.2) is 35.6 Å². The molecule has 2 aromatic rings. The van der Waals surface area contributed by atoms with Gasteiger partial charge in [0.2, 0.25) is 0 Å². The summed E-state index contributed by atoms with van der Waals surface area (Å²) in [6, 6.07) is 9.30. The second-order valence-corrected chi connectivity index (χ2v) is 6.21. The smallest absolute Gasteiger partial charge is 0.0727 e. The number of hydrogen-bond donors (Lipinski definition) is 2. The molecule has 0 spiro atoms. The molecule has 0 radical (unpaired) electrons. The summed E-state index contributed by atoms with van der Waals surface area (Å²) in [5.74, 6) is 0. The molecule has 1 aromatic carbocycles. The van der Waals surface area contributed by atoms with Gasteiger partial charge in [0.15, 0.2) is 0 Å². The number of rotatable bonds is 5. The van der Waals surface area contributed by atoms with Gasteiger partial charge in [-0.1, -0.05) is 0 Å². The summed E-state index contributed by atoms with van der Waals surface area (Å²) in [6.45, 7) is 5.23. The van der Waals surface area contributed by atoms with Gasteiger partial charge in [-0.25, -0.2) is 0 Å². The predicted molar refractivity (Wildman–Crippen MR) is 89.6 cm³/mol. The molecule has 1 unspecified atom stereocenters. The number of aryl methyl sites for hydroxylation is 1. The molecular weight excluding hydrogens is 260 g/mol. The molecule has 112 valence electrons. The van der Waals surface area contributed by atoms with Crippen LogP contribution in [0.5, 0.6) is 0 Å². The minimum Gasteiger partial charge on any atom is -0.399 e. The Hall–Kier alpha value is -1.81. The zero-order valence-corrected chi connectivity index (χ0v) is 13.1. The Morgan fingerprint density at radius 2 is 2.14 bits per heavy atom. The fraction of sp³-hybridized carbons (Fsp3) is 0.471. The first-order chi connectivity index (χ1) is 10.0. The van der Waals surface area contributed by atoms with Crippen molar-refractivity contribution in [1.29, 1.82) is 0 Å². The van der Waals surface area contributed by atoms with Crippen molar-refractivity contribution >= 4 is 22.3 Å². The van der Waals surface area contributed by atoms with Crippen molar-refractivity contribution in [3.8, 4) is 0 Å². The van der Waals surface area contributed by atoms with E-state index in [0.717, 1.165) is 40.6 Å². The normalized spacial score (nSPS) is 16.4. The van der Waals surface area contributed by atoms with Crippen molar-refractivity contribution in [3.63, 3.8) is 0 Å². The van der Waals surface area contributed by atoms with Gasteiger partial charge < -0.3 is 11.1 Å². The SMILES string of the molecule is Cc1cc(NCC(C)N(C)C2CC2)c2cc(N)ccc2n1. The van der Waals surface area contributed by atoms with Gasteiger partial charge in [-0.05, 0) is 58.0 Å². The molecule has 1 aromatic heterocycles. The first-order valence-corrected chi connectivity index (χ1v) is 7.67. The predicted octanol–water partition coefficient (Wildman–Crippen LogP) is 3.02. The van der Waals surface area contributed by atoms with Gasteiger partial charge in [0, 0.05) is 41.1 Å². The van der Waals surface area contributed by atoms with Crippen molar-refractivity contribution in [2.24, 2.45) is 0 Å². The van der Waals surface area contributed by atoms with Gasteiger partial charge in [-0.2, -0.15) is 0 Å². The number of hydrogen-bond acceptors (Lipinski definition) is 4. The summed E-state index contributed by atoms with van der Waals surface area (Å²) in [5, 5.41) is 4.68. The van der Waals surface area contributed by atoms with E-state index in [2.05, 4.69) is 35.2 Å². The minimum atomic E-state index is 0.516. The summed E-state index contributed by atoms with van der Waals surface area (Å²) in [4.78, 5) is 7.04. The number of pyridine rings is 1. The van der Waals surface area contributed by atoms with E-state index in [4.69, 9.17) is 5.73 Å². The van der Waals surface area contributed by atoms with Crippen LogP contribution in [0.25, 0.3) is 10.9 Å². The highest BCUT2D eigenvalue weighted by atomic mass is 15.2. The van der Waals surface area contributed by atoms with E-state index in [-0.39, 0.29) is 0 Å². The second kappa shape index (κ2) is 5.53. The van der Waals surface area contributed by atoms with Crippen molar-refractivity contribution in [2.45, 2.75) is 38.8 Å². The Morgan fingerprint density at radius 1 is 1.38 bits per heavy atom. The van der Waals surface area contributed by atoms with E-state index in [1.807, 2.05) is 25.1 Å². The highest BCUT2D eigenvalue weighted by molar-refractivity contribution is 5.93. The minimum absolute atomic E-state index is 0.516. The number of nitrogen functional groups attached to an aromatic ring is 1. The molecule has 21 heavy (non-hydrogen) atoms. The summed E-state index contributed by atoms with van der Waals surface area (Å²) >= 11 is 0. The van der Waals surface area contributed by atoms with Gasteiger partial charge >= 0.3 is 0 Å². The lowest BCUT2D eigenvalue weighted by Crippen LogP contribution is -2.36. The van der Waals surface area contributed by atoms with E-state index in [1.54, 1.807) is 0 Å². The monoisotopic (exact) mass is 284 g/mol. The standard InChI is InChI=1S/C17H24N4/c1-11-8-17(15-9-13(18)4-7-16(15)20-11)19-10-12(2)21(3)14-5-6-14/h4,7-9,12,14H,5-6,10,18H2,1-3H3,(H,19,20). The molecule has 0 bridgehead atoms. The van der Waals surface area contributed by atoms with Crippen LogP contribution in [0.4, 0.5) is 11.4 Å². The van der Waals surface area contributed by atoms with Crippen molar-refractivity contribution in [2.75, 3.05) is 24.6 Å². The van der Waals surface area contributed by atoms with Crippen LogP contribution >= 0.6 is 0 Å². The van der Waals surface area contributed by atoms with Crippen LogP contribution in [0.3, 0.4) is 0 Å². The quantitative estimate of drug-likeness (QED) is 0.829. The van der Waals surface area contributed by atoms with Crippen LogP contribution in [0, 0.1) is 6.92 Å². The van der Waals surface area contributed by atoms with Crippen LogP contribution < -0.4 is 11.1 Å². The molecule has 1 heterocycles. The maximum Gasteiger partial charge on any atom is 0.0727 e. The first-order valence-electron chi connectivity index (χ1n) is 7.67. The summed E-state index contributed by atoms with van der Waals surface area (Å²) < 4.78 is 0. The average molecular weight is 284 g/mol. The van der Waals surface area contributed by atoms with E-state index in [0.29, 0.717) is 6.04 Å². The lowest BCUT2D eigenvalue weighted by Gasteiger charge is -2.25. The number of nitrogens with zero attached hydrogens (tertiary/aromatic N) is 2. The third kappa shape index (κ3) is 3.10. The molecular formula is C17H24N4. The van der Waals surface area contributed by atoms with Gasteiger partial charge in [0.1, 0.15) is 0 Å². The highest BCUT2D eigenvalue weighted by Crippen LogP contribution is 2.28. The Bertz CT molecular complexity index is 649. The summed E-state index contributed by atoms with van der Waals surface area (Å²) in [5.41, 5.74) is 9.84. The molecule has 1 aliphatic rings. The van der Waals surface area contributed by atoms with Crippen LogP contribution in [-0.2, 0) is 0 Å². The van der Waals surface area contributed by atoms with E-state index < -0.39 is 0 Å². The first kappa shape index (κ1) is 14.1. The van der Waals surface area contributed by atoms with Gasteiger partial charge in [0.25, 0.3) is 0 Å². The molecule has 1 saturated carbocycles. The zero-order chi connectivity index (χ0) is 15.0. The number of fused-ring (bicyclic) bond motifs is 1. The molecule has 4 nitrogen and oxygen atoms in total. The number of likely N-dealkylation sites (N-methyl/N-ethyl adjacent to an activating group) is 1. The Labute approximate surface area is 126 Å². The van der Waals surface area contributed by atoms with Crippen molar-refractivity contribution < 1.29 is 0 Å². The van der Waals surface area contributed by atoms with Gasteiger partial charge in [-0.15, -0.1) is 0 Å². The van der Waals surface area contributed by atoms with Crippen LogP contribution in [0.15, 0.2) is 24.3 Å². The fourth-order valence-electron chi connectivity index (χ4n) is 2.77.